The molecular weight excluding hydrogens is 352 g/mol. The Kier molecular flexibility index (Phi) is 6.56. The van der Waals surface area contributed by atoms with Gasteiger partial charge in [-0.3, -0.25) is 0 Å². The van der Waals surface area contributed by atoms with Crippen molar-refractivity contribution in [1.29, 1.82) is 0 Å². The second-order valence-electron chi connectivity index (χ2n) is 12.2. The van der Waals surface area contributed by atoms with Crippen molar-refractivity contribution in [2.24, 2.45) is 46.3 Å². The Labute approximate surface area is 181 Å². The fourth-order valence-electron chi connectivity index (χ4n) is 9.03. The Morgan fingerprint density at radius 2 is 1.86 bits per heavy atom. The molecule has 0 radical (unpaired) electrons. The molecule has 3 saturated carbocycles. The Bertz CT molecular complexity index is 593. The first-order valence-corrected chi connectivity index (χ1v) is 13.1. The lowest BCUT2D eigenvalue weighted by Crippen LogP contribution is -2.50. The van der Waals surface area contributed by atoms with Gasteiger partial charge in [-0.05, 0) is 104 Å². The minimum absolute atomic E-state index is 0.559. The lowest BCUT2D eigenvalue weighted by atomic mass is 9.47. The Balaban J connectivity index is 1.42. The number of fused-ring (bicyclic) bond motifs is 5. The van der Waals surface area contributed by atoms with Crippen LogP contribution >= 0.6 is 0 Å². The molecule has 0 aromatic carbocycles. The second-order valence-corrected chi connectivity index (χ2v) is 12.2. The maximum atomic E-state index is 5.34. The first-order valence-electron chi connectivity index (χ1n) is 13.1. The van der Waals surface area contributed by atoms with Gasteiger partial charge < -0.3 is 4.74 Å². The van der Waals surface area contributed by atoms with Crippen molar-refractivity contribution in [1.82, 2.24) is 0 Å². The molecule has 0 saturated heterocycles. The van der Waals surface area contributed by atoms with E-state index in [1.54, 1.807) is 0 Å². The van der Waals surface area contributed by atoms with E-state index >= 15 is 0 Å². The van der Waals surface area contributed by atoms with Crippen LogP contribution in [0.5, 0.6) is 0 Å². The van der Waals surface area contributed by atoms with Crippen LogP contribution in [0.4, 0.5) is 0 Å². The van der Waals surface area contributed by atoms with Crippen molar-refractivity contribution in [3.63, 3.8) is 0 Å². The molecule has 4 rings (SSSR count). The van der Waals surface area contributed by atoms with E-state index in [9.17, 15) is 0 Å². The van der Waals surface area contributed by atoms with Crippen LogP contribution in [0.15, 0.2) is 11.6 Å². The lowest BCUT2D eigenvalue weighted by Gasteiger charge is -2.58. The quantitative estimate of drug-likeness (QED) is 0.393. The second kappa shape index (κ2) is 8.68. The van der Waals surface area contributed by atoms with E-state index in [0.717, 1.165) is 36.2 Å². The van der Waals surface area contributed by atoms with Crippen molar-refractivity contribution in [2.75, 3.05) is 13.7 Å². The van der Waals surface area contributed by atoms with Gasteiger partial charge in [0, 0.05) is 13.7 Å². The van der Waals surface area contributed by atoms with E-state index < -0.39 is 0 Å². The fourth-order valence-corrected chi connectivity index (χ4v) is 9.03. The highest BCUT2D eigenvalue weighted by Gasteiger charge is 2.58. The third-order valence-electron chi connectivity index (χ3n) is 10.6. The average molecular weight is 401 g/mol. The van der Waals surface area contributed by atoms with Crippen LogP contribution in [-0.4, -0.2) is 13.7 Å². The number of rotatable bonds is 7. The third kappa shape index (κ3) is 3.88. The molecule has 3 fully saturated rings. The molecule has 0 N–H and O–H groups in total. The largest absolute Gasteiger partial charge is 0.384 e. The summed E-state index contributed by atoms with van der Waals surface area (Å²) in [5.74, 6) is 5.56. The topological polar surface area (TPSA) is 9.23 Å². The molecule has 8 atom stereocenters. The predicted octanol–water partition coefficient (Wildman–Crippen LogP) is 8.04. The summed E-state index contributed by atoms with van der Waals surface area (Å²) in [4.78, 5) is 0. The first kappa shape index (κ1) is 21.9. The normalized spacial score (nSPS) is 43.7. The SMILES string of the molecule is COCC(C)CCC[C@@H](C)[C@H]1CC[C@H]2[C@@H]3CC=C4CCCC[C@]4(C)[C@H]3CC[C@]12C. The van der Waals surface area contributed by atoms with Crippen molar-refractivity contribution in [3.8, 4) is 0 Å². The van der Waals surface area contributed by atoms with E-state index in [-0.39, 0.29) is 0 Å². The summed E-state index contributed by atoms with van der Waals surface area (Å²) >= 11 is 0. The van der Waals surface area contributed by atoms with E-state index in [0.29, 0.717) is 16.7 Å². The van der Waals surface area contributed by atoms with Crippen molar-refractivity contribution in [2.45, 2.75) is 105 Å². The third-order valence-corrected chi connectivity index (χ3v) is 10.6. The molecule has 1 unspecified atom stereocenters. The minimum atomic E-state index is 0.559. The molecule has 0 heterocycles. The van der Waals surface area contributed by atoms with Gasteiger partial charge in [-0.1, -0.05) is 58.6 Å². The fraction of sp³-hybridized carbons (Fsp3) is 0.929. The van der Waals surface area contributed by atoms with Crippen molar-refractivity contribution >= 4 is 0 Å². The number of hydrogen-bond donors (Lipinski definition) is 0. The molecule has 0 aliphatic heterocycles. The van der Waals surface area contributed by atoms with Crippen LogP contribution in [0.2, 0.25) is 0 Å². The minimum Gasteiger partial charge on any atom is -0.384 e. The van der Waals surface area contributed by atoms with Crippen LogP contribution in [0.3, 0.4) is 0 Å². The maximum Gasteiger partial charge on any atom is 0.0487 e. The maximum absolute atomic E-state index is 5.34. The smallest absolute Gasteiger partial charge is 0.0487 e. The number of methoxy groups -OCH3 is 1. The standard InChI is InChI=1S/C28H48O/c1-20(19-29-5)9-8-10-21(2)24-14-15-25-23-13-12-22-11-6-7-17-27(22,3)26(23)16-18-28(24,25)4/h12,20-21,23-26H,6-11,13-19H2,1-5H3/t20?,21-,23+,24-,25+,26+,27+,28-/m1/s1. The number of hydrogen-bond acceptors (Lipinski definition) is 1. The monoisotopic (exact) mass is 400 g/mol. The predicted molar refractivity (Wildman–Crippen MR) is 124 cm³/mol. The molecule has 4 aliphatic rings. The Morgan fingerprint density at radius 3 is 2.66 bits per heavy atom. The van der Waals surface area contributed by atoms with Gasteiger partial charge in [0.25, 0.3) is 0 Å². The summed E-state index contributed by atoms with van der Waals surface area (Å²) < 4.78 is 5.34. The highest BCUT2D eigenvalue weighted by atomic mass is 16.5. The molecule has 166 valence electrons. The molecular formula is C28H48O. The summed E-state index contributed by atoms with van der Waals surface area (Å²) in [5.41, 5.74) is 3.04. The van der Waals surface area contributed by atoms with Crippen LogP contribution in [0.1, 0.15) is 105 Å². The number of allylic oxidation sites excluding steroid dienone is 2. The molecule has 0 spiro atoms. The van der Waals surface area contributed by atoms with E-state index in [2.05, 4.69) is 33.8 Å². The summed E-state index contributed by atoms with van der Waals surface area (Å²) in [6, 6.07) is 0. The van der Waals surface area contributed by atoms with Gasteiger partial charge in [0.15, 0.2) is 0 Å². The molecule has 1 heteroatoms. The Morgan fingerprint density at radius 1 is 1.03 bits per heavy atom. The van der Waals surface area contributed by atoms with Gasteiger partial charge in [0.05, 0.1) is 0 Å². The molecule has 4 aliphatic carbocycles. The van der Waals surface area contributed by atoms with Crippen LogP contribution in [0, 0.1) is 46.3 Å². The van der Waals surface area contributed by atoms with E-state index in [1.807, 2.05) is 12.7 Å². The highest BCUT2D eigenvalue weighted by molar-refractivity contribution is 5.24. The van der Waals surface area contributed by atoms with Gasteiger partial charge in [-0.15, -0.1) is 0 Å². The molecule has 1 nitrogen and oxygen atoms in total. The molecule has 0 aromatic heterocycles. The molecule has 0 aromatic rings. The van der Waals surface area contributed by atoms with Gasteiger partial charge in [-0.25, -0.2) is 0 Å². The van der Waals surface area contributed by atoms with E-state index in [1.165, 1.54) is 77.0 Å². The van der Waals surface area contributed by atoms with Crippen LogP contribution < -0.4 is 0 Å². The summed E-state index contributed by atoms with van der Waals surface area (Å²) in [6.45, 7) is 11.2. The first-order chi connectivity index (χ1) is 13.9. The Hall–Kier alpha value is -0.300. The molecule has 0 bridgehead atoms. The molecule has 29 heavy (non-hydrogen) atoms. The summed E-state index contributed by atoms with van der Waals surface area (Å²) in [5, 5.41) is 0. The van der Waals surface area contributed by atoms with Crippen LogP contribution in [-0.2, 0) is 4.74 Å². The van der Waals surface area contributed by atoms with Gasteiger partial charge in [0.1, 0.15) is 0 Å². The average Bonchev–Trinajstić information content (AvgIpc) is 3.05. The lowest BCUT2D eigenvalue weighted by molar-refractivity contribution is -0.0500. The number of ether oxygens (including phenoxy) is 1. The van der Waals surface area contributed by atoms with Gasteiger partial charge in [-0.2, -0.15) is 0 Å². The van der Waals surface area contributed by atoms with Crippen LogP contribution in [0.25, 0.3) is 0 Å². The zero-order chi connectivity index (χ0) is 20.6. The van der Waals surface area contributed by atoms with E-state index in [4.69, 9.17) is 4.74 Å². The molecule has 0 amide bonds. The summed E-state index contributed by atoms with van der Waals surface area (Å²) in [7, 11) is 1.84. The van der Waals surface area contributed by atoms with Gasteiger partial charge >= 0.3 is 0 Å². The highest BCUT2D eigenvalue weighted by Crippen LogP contribution is 2.67. The van der Waals surface area contributed by atoms with Crippen molar-refractivity contribution in [3.05, 3.63) is 11.6 Å². The zero-order valence-corrected chi connectivity index (χ0v) is 20.1. The van der Waals surface area contributed by atoms with Crippen molar-refractivity contribution < 1.29 is 4.74 Å². The zero-order valence-electron chi connectivity index (χ0n) is 20.1. The van der Waals surface area contributed by atoms with Gasteiger partial charge in [0.2, 0.25) is 0 Å². The summed E-state index contributed by atoms with van der Waals surface area (Å²) in [6.07, 6.45) is 20.1.